The summed E-state index contributed by atoms with van der Waals surface area (Å²) >= 11 is 0. The fourth-order valence-electron chi connectivity index (χ4n) is 10.7. The van der Waals surface area contributed by atoms with Gasteiger partial charge in [-0.2, -0.15) is 0 Å². The van der Waals surface area contributed by atoms with E-state index in [-0.39, 0.29) is 18.5 Å². The maximum atomic E-state index is 12.5. The summed E-state index contributed by atoms with van der Waals surface area (Å²) in [5.74, 6) is -0.0628. The molecule has 6 nitrogen and oxygen atoms in total. The van der Waals surface area contributed by atoms with Crippen molar-refractivity contribution in [3.05, 3.63) is 36.5 Å². The van der Waals surface area contributed by atoms with Gasteiger partial charge in [0, 0.05) is 12.8 Å². The van der Waals surface area contributed by atoms with Crippen LogP contribution in [0.5, 0.6) is 0 Å². The molecule has 0 aliphatic heterocycles. The van der Waals surface area contributed by atoms with Gasteiger partial charge in [-0.25, -0.2) is 0 Å². The molecule has 1 amide bonds. The number of carbonyl (C=O) groups is 2. The van der Waals surface area contributed by atoms with Gasteiger partial charge in [-0.15, -0.1) is 0 Å². The number of esters is 1. The van der Waals surface area contributed by atoms with Gasteiger partial charge in [0.1, 0.15) is 0 Å². The van der Waals surface area contributed by atoms with Crippen LogP contribution in [0.25, 0.3) is 0 Å². The number of hydrogen-bond acceptors (Lipinski definition) is 5. The lowest BCUT2D eigenvalue weighted by Gasteiger charge is -2.20. The van der Waals surface area contributed by atoms with Crippen LogP contribution in [0, 0.1) is 0 Å². The average molecular weight is 1070 g/mol. The van der Waals surface area contributed by atoms with Crippen molar-refractivity contribution in [2.24, 2.45) is 0 Å². The van der Waals surface area contributed by atoms with Gasteiger partial charge in [-0.1, -0.05) is 339 Å². The van der Waals surface area contributed by atoms with E-state index in [0.717, 1.165) is 51.4 Å². The Balaban J connectivity index is 3.40. The second-order valence-electron chi connectivity index (χ2n) is 23.5. The van der Waals surface area contributed by atoms with E-state index in [1.165, 1.54) is 295 Å². The monoisotopic (exact) mass is 1070 g/mol. The molecule has 76 heavy (non-hydrogen) atoms. The largest absolute Gasteiger partial charge is 0.466 e. The van der Waals surface area contributed by atoms with E-state index in [4.69, 9.17) is 4.74 Å². The summed E-state index contributed by atoms with van der Waals surface area (Å²) in [5.41, 5.74) is 0. The molecule has 0 aromatic rings. The molecule has 0 rings (SSSR count). The highest BCUT2D eigenvalue weighted by Gasteiger charge is 2.18. The van der Waals surface area contributed by atoms with Crippen LogP contribution >= 0.6 is 0 Å². The molecule has 6 heteroatoms. The fraction of sp³-hybridized carbons (Fsp3) is 0.886. The Kier molecular flexibility index (Phi) is 63.9. The molecular formula is C70H133NO5. The molecule has 0 saturated carbocycles. The summed E-state index contributed by atoms with van der Waals surface area (Å²) in [7, 11) is 0. The lowest BCUT2D eigenvalue weighted by Crippen LogP contribution is -2.45. The zero-order chi connectivity index (χ0) is 55.0. The summed E-state index contributed by atoms with van der Waals surface area (Å²) in [4.78, 5) is 24.6. The van der Waals surface area contributed by atoms with Crippen LogP contribution in [0.4, 0.5) is 0 Å². The number of aliphatic hydroxyl groups excluding tert-OH is 2. The predicted octanol–water partition coefficient (Wildman–Crippen LogP) is 21.9. The molecule has 0 aliphatic carbocycles. The molecular weight excluding hydrogens is 935 g/mol. The number of hydrogen-bond donors (Lipinski definition) is 3. The third-order valence-electron chi connectivity index (χ3n) is 15.9. The molecule has 0 heterocycles. The Hall–Kier alpha value is -1.92. The molecule has 0 bridgehead atoms. The highest BCUT2D eigenvalue weighted by molar-refractivity contribution is 5.76. The van der Waals surface area contributed by atoms with Gasteiger partial charge < -0.3 is 20.3 Å². The van der Waals surface area contributed by atoms with E-state index >= 15 is 0 Å². The molecule has 2 unspecified atom stereocenters. The van der Waals surface area contributed by atoms with Crippen molar-refractivity contribution in [1.29, 1.82) is 0 Å². The van der Waals surface area contributed by atoms with Gasteiger partial charge in [0.05, 0.1) is 25.4 Å². The molecule has 0 fully saturated rings. The SMILES string of the molecule is CCCC/C=C\C/C=C\CCCCCCCC(=O)OCCCCCCCCCCCCCCCCCCCCCCCCCCC(=O)NC(CO)C(O)/C=C/CCCCCCCCCCCCCCCCCCCCC. The van der Waals surface area contributed by atoms with E-state index in [1.54, 1.807) is 6.08 Å². The van der Waals surface area contributed by atoms with Crippen LogP contribution < -0.4 is 5.32 Å². The van der Waals surface area contributed by atoms with Crippen LogP contribution in [0.15, 0.2) is 36.5 Å². The normalized spacial score (nSPS) is 12.7. The van der Waals surface area contributed by atoms with Crippen molar-refractivity contribution < 1.29 is 24.5 Å². The van der Waals surface area contributed by atoms with Crippen molar-refractivity contribution in [3.63, 3.8) is 0 Å². The van der Waals surface area contributed by atoms with E-state index in [2.05, 4.69) is 43.5 Å². The van der Waals surface area contributed by atoms with Crippen molar-refractivity contribution >= 4 is 11.9 Å². The van der Waals surface area contributed by atoms with Gasteiger partial charge in [0.15, 0.2) is 0 Å². The summed E-state index contributed by atoms with van der Waals surface area (Å²) in [6.45, 7) is 4.89. The Labute approximate surface area is 474 Å². The summed E-state index contributed by atoms with van der Waals surface area (Å²) in [6.07, 6.45) is 83.5. The lowest BCUT2D eigenvalue weighted by atomic mass is 10.0. The minimum Gasteiger partial charge on any atom is -0.466 e. The first kappa shape index (κ1) is 74.1. The fourth-order valence-corrected chi connectivity index (χ4v) is 10.7. The number of ether oxygens (including phenoxy) is 1. The zero-order valence-electron chi connectivity index (χ0n) is 51.3. The summed E-state index contributed by atoms with van der Waals surface area (Å²) < 4.78 is 5.48. The van der Waals surface area contributed by atoms with Crippen LogP contribution in [0.1, 0.15) is 373 Å². The third-order valence-corrected chi connectivity index (χ3v) is 15.9. The topological polar surface area (TPSA) is 95.9 Å². The number of aliphatic hydroxyl groups is 2. The molecule has 0 spiro atoms. The molecule has 2 atom stereocenters. The minimum absolute atomic E-state index is 0.000702. The number of carbonyl (C=O) groups excluding carboxylic acids is 2. The second kappa shape index (κ2) is 65.6. The Morgan fingerprint density at radius 2 is 0.671 bits per heavy atom. The first-order chi connectivity index (χ1) is 37.5. The number of amides is 1. The van der Waals surface area contributed by atoms with E-state index in [1.807, 2.05) is 6.08 Å². The van der Waals surface area contributed by atoms with Gasteiger partial charge in [0.25, 0.3) is 0 Å². The number of rotatable bonds is 64. The number of allylic oxidation sites excluding steroid dienone is 5. The quantitative estimate of drug-likeness (QED) is 0.0320. The smallest absolute Gasteiger partial charge is 0.305 e. The Morgan fingerprint density at radius 3 is 1.04 bits per heavy atom. The molecule has 3 N–H and O–H groups in total. The molecule has 0 radical (unpaired) electrons. The van der Waals surface area contributed by atoms with E-state index in [0.29, 0.717) is 19.4 Å². The summed E-state index contributed by atoms with van der Waals surface area (Å²) in [5, 5.41) is 23.2. The molecule has 0 aliphatic rings. The molecule has 0 saturated heterocycles. The van der Waals surface area contributed by atoms with Crippen molar-refractivity contribution in [2.45, 2.75) is 386 Å². The first-order valence-corrected chi connectivity index (χ1v) is 34.3. The Bertz CT molecular complexity index is 1230. The standard InChI is InChI=1S/C70H133NO5/c1-3-5-7-9-11-13-15-17-19-20-21-26-29-32-35-38-42-46-50-54-58-62-68(73)67(66-72)71-69(74)63-59-55-51-47-43-39-36-33-30-27-24-22-23-25-28-31-34-37-41-45-49-53-57-61-65-76-70(75)64-60-56-52-48-44-40-18-16-14-12-10-8-6-4-2/h10,12,16,18,58,62,67-68,72-73H,3-9,11,13-15,17,19-57,59-61,63-66H2,1-2H3,(H,71,74)/b12-10-,18-16-,62-58+. The maximum Gasteiger partial charge on any atom is 0.305 e. The predicted molar refractivity (Wildman–Crippen MR) is 333 cm³/mol. The molecule has 0 aromatic heterocycles. The number of nitrogens with one attached hydrogen (secondary N) is 1. The lowest BCUT2D eigenvalue weighted by molar-refractivity contribution is -0.143. The Morgan fingerprint density at radius 1 is 0.368 bits per heavy atom. The first-order valence-electron chi connectivity index (χ1n) is 34.3. The van der Waals surface area contributed by atoms with Gasteiger partial charge >= 0.3 is 5.97 Å². The number of unbranched alkanes of at least 4 members (excludes halogenated alkanes) is 49. The van der Waals surface area contributed by atoms with E-state index in [9.17, 15) is 19.8 Å². The van der Waals surface area contributed by atoms with Gasteiger partial charge in [-0.3, -0.25) is 9.59 Å². The van der Waals surface area contributed by atoms with Crippen molar-refractivity contribution in [1.82, 2.24) is 5.32 Å². The van der Waals surface area contributed by atoms with Crippen LogP contribution in [-0.2, 0) is 14.3 Å². The van der Waals surface area contributed by atoms with Crippen LogP contribution in [0.2, 0.25) is 0 Å². The molecule has 0 aromatic carbocycles. The highest BCUT2D eigenvalue weighted by atomic mass is 16.5. The second-order valence-corrected chi connectivity index (χ2v) is 23.5. The third kappa shape index (κ3) is 61.3. The summed E-state index contributed by atoms with van der Waals surface area (Å²) in [6, 6.07) is -0.628. The average Bonchev–Trinajstić information content (AvgIpc) is 3.42. The van der Waals surface area contributed by atoms with Crippen LogP contribution in [-0.4, -0.2) is 47.4 Å². The maximum absolute atomic E-state index is 12.5. The highest BCUT2D eigenvalue weighted by Crippen LogP contribution is 2.18. The van der Waals surface area contributed by atoms with Crippen molar-refractivity contribution in [2.75, 3.05) is 13.2 Å². The van der Waals surface area contributed by atoms with Gasteiger partial charge in [-0.05, 0) is 57.8 Å². The van der Waals surface area contributed by atoms with Crippen LogP contribution in [0.3, 0.4) is 0 Å². The molecule has 448 valence electrons. The van der Waals surface area contributed by atoms with Crippen molar-refractivity contribution in [3.8, 4) is 0 Å². The van der Waals surface area contributed by atoms with Gasteiger partial charge in [0.2, 0.25) is 5.91 Å². The zero-order valence-corrected chi connectivity index (χ0v) is 51.3. The minimum atomic E-state index is -0.845. The van der Waals surface area contributed by atoms with E-state index < -0.39 is 12.1 Å².